The molecule has 0 saturated heterocycles. The molecule has 140 valence electrons. The Morgan fingerprint density at radius 1 is 1.18 bits per heavy atom. The van der Waals surface area contributed by atoms with E-state index >= 15 is 0 Å². The molecule has 5 rings (SSSR count). The van der Waals surface area contributed by atoms with E-state index in [1.165, 1.54) is 11.3 Å². The van der Waals surface area contributed by atoms with Crippen LogP contribution in [0.3, 0.4) is 0 Å². The van der Waals surface area contributed by atoms with Gasteiger partial charge in [0.05, 0.1) is 10.2 Å². The van der Waals surface area contributed by atoms with Crippen LogP contribution in [0.4, 0.5) is 5.13 Å². The molecule has 4 aromatic rings. The molecule has 2 heterocycles. The maximum atomic E-state index is 12.2. The van der Waals surface area contributed by atoms with Crippen molar-refractivity contribution >= 4 is 43.6 Å². The zero-order valence-electron chi connectivity index (χ0n) is 14.9. The van der Waals surface area contributed by atoms with Crippen LogP contribution >= 0.6 is 11.3 Å². The average molecular weight is 392 g/mol. The molecule has 2 aromatic heterocycles. The predicted molar refractivity (Wildman–Crippen MR) is 108 cm³/mol. The van der Waals surface area contributed by atoms with Gasteiger partial charge in [-0.15, -0.1) is 0 Å². The number of fused-ring (bicyclic) bond motifs is 4. The normalized spacial score (nSPS) is 13.0. The van der Waals surface area contributed by atoms with Crippen LogP contribution in [-0.4, -0.2) is 17.5 Å². The smallest absolute Gasteiger partial charge is 0.339 e. The summed E-state index contributed by atoms with van der Waals surface area (Å²) < 4.78 is 12.0. The number of para-hydroxylation sites is 1. The summed E-state index contributed by atoms with van der Waals surface area (Å²) in [6, 6.07) is 13.1. The van der Waals surface area contributed by atoms with Crippen LogP contribution in [0.5, 0.6) is 5.75 Å². The maximum absolute atomic E-state index is 12.2. The third-order valence-electron chi connectivity index (χ3n) is 4.86. The highest BCUT2D eigenvalue weighted by Gasteiger charge is 2.19. The van der Waals surface area contributed by atoms with Gasteiger partial charge in [-0.05, 0) is 49.1 Å². The molecule has 28 heavy (non-hydrogen) atoms. The van der Waals surface area contributed by atoms with Gasteiger partial charge >= 0.3 is 5.63 Å². The minimum absolute atomic E-state index is 0.156. The zero-order chi connectivity index (χ0) is 19.1. The fraction of sp³-hybridized carbons (Fsp3) is 0.190. The number of anilines is 1. The van der Waals surface area contributed by atoms with Gasteiger partial charge in [0.2, 0.25) is 0 Å². The lowest BCUT2D eigenvalue weighted by molar-refractivity contribution is -0.118. The summed E-state index contributed by atoms with van der Waals surface area (Å²) in [6.07, 6.45) is 2.64. The molecule has 2 aromatic carbocycles. The van der Waals surface area contributed by atoms with Crippen molar-refractivity contribution in [2.45, 2.75) is 19.3 Å². The van der Waals surface area contributed by atoms with Crippen molar-refractivity contribution in [3.63, 3.8) is 0 Å². The monoisotopic (exact) mass is 392 g/mol. The zero-order valence-corrected chi connectivity index (χ0v) is 15.7. The minimum atomic E-state index is -0.297. The summed E-state index contributed by atoms with van der Waals surface area (Å²) in [5.74, 6) is 0.183. The standard InChI is InChI=1S/C21H16N2O4S/c24-19(23-21-22-16-6-1-2-7-18(16)28-21)11-26-12-8-9-14-13-4-3-5-15(13)20(25)27-17(14)10-12/h1-2,6-10H,3-5,11H2,(H,22,23,24). The summed E-state index contributed by atoms with van der Waals surface area (Å²) in [5, 5.41) is 4.23. The summed E-state index contributed by atoms with van der Waals surface area (Å²) in [6.45, 7) is -0.156. The van der Waals surface area contributed by atoms with Crippen LogP contribution in [0.25, 0.3) is 21.2 Å². The summed E-state index contributed by atoms with van der Waals surface area (Å²) in [4.78, 5) is 28.7. The molecule has 0 radical (unpaired) electrons. The van der Waals surface area contributed by atoms with Crippen LogP contribution in [0.15, 0.2) is 51.7 Å². The van der Waals surface area contributed by atoms with E-state index in [2.05, 4.69) is 10.3 Å². The number of hydrogen-bond donors (Lipinski definition) is 1. The van der Waals surface area contributed by atoms with Crippen molar-refractivity contribution in [3.05, 3.63) is 64.0 Å². The molecule has 0 bridgehead atoms. The van der Waals surface area contributed by atoms with Crippen LogP contribution in [0.2, 0.25) is 0 Å². The molecular weight excluding hydrogens is 376 g/mol. The van der Waals surface area contributed by atoms with E-state index in [1.54, 1.807) is 12.1 Å². The number of rotatable bonds is 4. The molecule has 0 atom stereocenters. The molecule has 1 aliphatic carbocycles. The second-order valence-corrected chi connectivity index (χ2v) is 7.71. The first-order chi connectivity index (χ1) is 13.7. The number of ether oxygens (including phenoxy) is 1. The molecule has 0 saturated carbocycles. The second-order valence-electron chi connectivity index (χ2n) is 6.68. The quantitative estimate of drug-likeness (QED) is 0.533. The first kappa shape index (κ1) is 16.9. The van der Waals surface area contributed by atoms with Gasteiger partial charge < -0.3 is 9.15 Å². The largest absolute Gasteiger partial charge is 0.484 e. The second kappa shape index (κ2) is 6.76. The summed E-state index contributed by atoms with van der Waals surface area (Å²) in [5.41, 5.74) is 2.93. The number of hydrogen-bond acceptors (Lipinski definition) is 6. The molecule has 6 nitrogen and oxygen atoms in total. The van der Waals surface area contributed by atoms with Crippen molar-refractivity contribution in [3.8, 4) is 5.75 Å². The number of aromatic nitrogens is 1. The van der Waals surface area contributed by atoms with E-state index in [-0.39, 0.29) is 18.1 Å². The number of nitrogens with one attached hydrogen (secondary N) is 1. The fourth-order valence-electron chi connectivity index (χ4n) is 3.58. The molecule has 0 fully saturated rings. The van der Waals surface area contributed by atoms with E-state index in [1.807, 2.05) is 30.3 Å². The summed E-state index contributed by atoms with van der Waals surface area (Å²) >= 11 is 1.41. The molecule has 1 amide bonds. The Hall–Kier alpha value is -3.19. The van der Waals surface area contributed by atoms with E-state index in [4.69, 9.17) is 9.15 Å². The van der Waals surface area contributed by atoms with Gasteiger partial charge in [0.1, 0.15) is 11.3 Å². The highest BCUT2D eigenvalue weighted by molar-refractivity contribution is 7.22. The van der Waals surface area contributed by atoms with Crippen molar-refractivity contribution < 1.29 is 13.9 Å². The Kier molecular flexibility index (Phi) is 4.09. The molecule has 0 aliphatic heterocycles. The number of carbonyl (C=O) groups is 1. The number of amides is 1. The lowest BCUT2D eigenvalue weighted by atomic mass is 10.1. The number of aryl methyl sites for hydroxylation is 1. The van der Waals surface area contributed by atoms with Gasteiger partial charge in [0.25, 0.3) is 5.91 Å². The Balaban J connectivity index is 1.30. The van der Waals surface area contributed by atoms with Gasteiger partial charge in [-0.3, -0.25) is 10.1 Å². The van der Waals surface area contributed by atoms with Crippen molar-refractivity contribution in [2.75, 3.05) is 11.9 Å². The third-order valence-corrected chi connectivity index (χ3v) is 5.81. The highest BCUT2D eigenvalue weighted by Crippen LogP contribution is 2.30. The van der Waals surface area contributed by atoms with Crippen molar-refractivity contribution in [1.82, 2.24) is 4.98 Å². The third kappa shape index (κ3) is 3.03. The first-order valence-corrected chi connectivity index (χ1v) is 9.86. The average Bonchev–Trinajstić information content (AvgIpc) is 3.33. The molecule has 0 spiro atoms. The first-order valence-electron chi connectivity index (χ1n) is 9.04. The van der Waals surface area contributed by atoms with Gasteiger partial charge in [-0.25, -0.2) is 9.78 Å². The Morgan fingerprint density at radius 3 is 2.93 bits per heavy atom. The number of nitrogens with zero attached hydrogens (tertiary/aromatic N) is 1. The molecule has 7 heteroatoms. The minimum Gasteiger partial charge on any atom is -0.484 e. The number of carbonyl (C=O) groups excluding carboxylic acids is 1. The maximum Gasteiger partial charge on any atom is 0.339 e. The fourth-order valence-corrected chi connectivity index (χ4v) is 4.47. The molecule has 1 N–H and O–H groups in total. The van der Waals surface area contributed by atoms with Crippen LogP contribution in [0, 0.1) is 0 Å². The van der Waals surface area contributed by atoms with Crippen LogP contribution < -0.4 is 15.7 Å². The van der Waals surface area contributed by atoms with E-state index in [0.29, 0.717) is 16.5 Å². The van der Waals surface area contributed by atoms with Crippen LogP contribution in [0.1, 0.15) is 17.5 Å². The molecule has 0 unspecified atom stereocenters. The lowest BCUT2D eigenvalue weighted by Crippen LogP contribution is -2.20. The van der Waals surface area contributed by atoms with E-state index in [9.17, 15) is 9.59 Å². The topological polar surface area (TPSA) is 81.4 Å². The van der Waals surface area contributed by atoms with E-state index in [0.717, 1.165) is 46.0 Å². The highest BCUT2D eigenvalue weighted by atomic mass is 32.1. The number of benzene rings is 2. The number of thiazole rings is 1. The van der Waals surface area contributed by atoms with Gasteiger partial charge in [-0.2, -0.15) is 0 Å². The Morgan fingerprint density at radius 2 is 2.04 bits per heavy atom. The SMILES string of the molecule is O=C(COc1ccc2c3c(c(=O)oc2c1)CCC3)Nc1nc2ccccc2s1. The summed E-state index contributed by atoms with van der Waals surface area (Å²) in [7, 11) is 0. The van der Waals surface area contributed by atoms with Crippen LogP contribution in [-0.2, 0) is 17.6 Å². The van der Waals surface area contributed by atoms with Crippen molar-refractivity contribution in [1.29, 1.82) is 0 Å². The predicted octanol–water partition coefficient (Wildman–Crippen LogP) is 3.91. The van der Waals surface area contributed by atoms with Gasteiger partial charge in [0.15, 0.2) is 11.7 Å². The molecule has 1 aliphatic rings. The van der Waals surface area contributed by atoms with Crippen molar-refractivity contribution in [2.24, 2.45) is 0 Å². The van der Waals surface area contributed by atoms with Gasteiger partial charge in [-0.1, -0.05) is 23.5 Å². The van der Waals surface area contributed by atoms with E-state index < -0.39 is 0 Å². The molecular formula is C21H16N2O4S. The van der Waals surface area contributed by atoms with Gasteiger partial charge in [0, 0.05) is 17.0 Å². The Bertz CT molecular complexity index is 1240. The lowest BCUT2D eigenvalue weighted by Gasteiger charge is -2.08. The Labute approximate surface area is 163 Å².